The van der Waals surface area contributed by atoms with Crippen LogP contribution in [-0.4, -0.2) is 14.8 Å². The Bertz CT molecular complexity index is 802. The van der Waals surface area contributed by atoms with Crippen molar-refractivity contribution in [1.29, 1.82) is 0 Å². The van der Waals surface area contributed by atoms with E-state index in [9.17, 15) is 26.0 Å². The van der Waals surface area contributed by atoms with Gasteiger partial charge in [0.25, 0.3) is 10.0 Å². The van der Waals surface area contributed by atoms with Crippen LogP contribution >= 0.6 is 0 Å². The fourth-order valence-electron chi connectivity index (χ4n) is 1.77. The van der Waals surface area contributed by atoms with Gasteiger partial charge in [0.05, 0.1) is 10.6 Å². The van der Waals surface area contributed by atoms with Crippen LogP contribution in [0.2, 0.25) is 0 Å². The van der Waals surface area contributed by atoms with Crippen molar-refractivity contribution in [3.63, 3.8) is 0 Å². The van der Waals surface area contributed by atoms with Crippen LogP contribution in [0.3, 0.4) is 0 Å². The molecule has 0 aliphatic rings. The molecule has 0 saturated heterocycles. The molecule has 0 spiro atoms. The summed E-state index contributed by atoms with van der Waals surface area (Å²) >= 11 is 0. The van der Waals surface area contributed by atoms with Crippen LogP contribution in [0.25, 0.3) is 0 Å². The van der Waals surface area contributed by atoms with E-state index in [1.165, 1.54) is 13.0 Å². The molecule has 124 valence electrons. The SMILES string of the molecule is Cc1cc(F)ccc1NS(=O)(=O)c1ccc(OC(F)(F)F)cc1. The van der Waals surface area contributed by atoms with Crippen molar-refractivity contribution in [3.8, 4) is 5.75 Å². The lowest BCUT2D eigenvalue weighted by Crippen LogP contribution is -2.17. The van der Waals surface area contributed by atoms with Crippen LogP contribution in [0, 0.1) is 12.7 Å². The third kappa shape index (κ3) is 4.59. The van der Waals surface area contributed by atoms with Gasteiger partial charge in [0, 0.05) is 0 Å². The molecule has 0 atom stereocenters. The fraction of sp³-hybridized carbons (Fsp3) is 0.143. The number of hydrogen-bond donors (Lipinski definition) is 1. The average molecular weight is 349 g/mol. The van der Waals surface area contributed by atoms with Gasteiger partial charge in [-0.3, -0.25) is 4.72 Å². The molecule has 1 N–H and O–H groups in total. The number of ether oxygens (including phenoxy) is 1. The van der Waals surface area contributed by atoms with E-state index in [1.807, 2.05) is 0 Å². The van der Waals surface area contributed by atoms with Crippen molar-refractivity contribution in [2.75, 3.05) is 4.72 Å². The lowest BCUT2D eigenvalue weighted by atomic mass is 10.2. The zero-order valence-electron chi connectivity index (χ0n) is 11.7. The van der Waals surface area contributed by atoms with Crippen LogP contribution < -0.4 is 9.46 Å². The van der Waals surface area contributed by atoms with E-state index >= 15 is 0 Å². The van der Waals surface area contributed by atoms with E-state index < -0.39 is 28.0 Å². The number of aryl methyl sites for hydroxylation is 1. The predicted molar refractivity (Wildman–Crippen MR) is 75.1 cm³/mol. The van der Waals surface area contributed by atoms with Crippen LogP contribution in [0.1, 0.15) is 5.56 Å². The maximum Gasteiger partial charge on any atom is 0.573 e. The second kappa shape index (κ2) is 6.07. The molecule has 0 radical (unpaired) electrons. The molecule has 4 nitrogen and oxygen atoms in total. The molecule has 0 heterocycles. The Labute approximate surface area is 129 Å². The molecule has 0 amide bonds. The van der Waals surface area contributed by atoms with Crippen molar-refractivity contribution in [1.82, 2.24) is 0 Å². The second-order valence-corrected chi connectivity index (χ2v) is 6.27. The third-order valence-electron chi connectivity index (χ3n) is 2.80. The molecule has 2 rings (SSSR count). The highest BCUT2D eigenvalue weighted by atomic mass is 32.2. The van der Waals surface area contributed by atoms with Crippen molar-refractivity contribution in [2.24, 2.45) is 0 Å². The summed E-state index contributed by atoms with van der Waals surface area (Å²) in [5.41, 5.74) is 0.535. The summed E-state index contributed by atoms with van der Waals surface area (Å²) in [7, 11) is -4.02. The molecule has 0 aliphatic carbocycles. The Morgan fingerprint density at radius 1 is 1.04 bits per heavy atom. The van der Waals surface area contributed by atoms with Gasteiger partial charge in [0.15, 0.2) is 0 Å². The first-order chi connectivity index (χ1) is 10.6. The van der Waals surface area contributed by atoms with Gasteiger partial charge >= 0.3 is 6.36 Å². The second-order valence-electron chi connectivity index (χ2n) is 4.58. The van der Waals surface area contributed by atoms with E-state index in [4.69, 9.17) is 0 Å². The maximum absolute atomic E-state index is 13.0. The number of alkyl halides is 3. The Morgan fingerprint density at radius 2 is 1.65 bits per heavy atom. The Kier molecular flexibility index (Phi) is 4.51. The molecule has 0 aliphatic heterocycles. The van der Waals surface area contributed by atoms with Crippen LogP contribution in [0.4, 0.5) is 23.2 Å². The van der Waals surface area contributed by atoms with Gasteiger partial charge in [-0.15, -0.1) is 13.2 Å². The topological polar surface area (TPSA) is 55.4 Å². The van der Waals surface area contributed by atoms with Gasteiger partial charge in [-0.2, -0.15) is 0 Å². The van der Waals surface area contributed by atoms with Crippen LogP contribution in [-0.2, 0) is 10.0 Å². The summed E-state index contributed by atoms with van der Waals surface area (Å²) in [6, 6.07) is 7.22. The molecule has 2 aromatic rings. The first kappa shape index (κ1) is 17.1. The van der Waals surface area contributed by atoms with Crippen molar-refractivity contribution >= 4 is 15.7 Å². The number of benzene rings is 2. The lowest BCUT2D eigenvalue weighted by molar-refractivity contribution is -0.274. The van der Waals surface area contributed by atoms with Crippen LogP contribution in [0.5, 0.6) is 5.75 Å². The van der Waals surface area contributed by atoms with Crippen molar-refractivity contribution < 1.29 is 30.7 Å². The normalized spacial score (nSPS) is 12.0. The molecule has 0 saturated carbocycles. The lowest BCUT2D eigenvalue weighted by Gasteiger charge is -2.12. The van der Waals surface area contributed by atoms with E-state index in [1.54, 1.807) is 0 Å². The minimum atomic E-state index is -4.86. The summed E-state index contributed by atoms with van der Waals surface area (Å²) in [6.07, 6.45) is -4.86. The summed E-state index contributed by atoms with van der Waals surface area (Å²) in [5.74, 6) is -1.05. The Morgan fingerprint density at radius 3 is 2.17 bits per heavy atom. The molecule has 0 unspecified atom stereocenters. The summed E-state index contributed by atoms with van der Waals surface area (Å²) in [5, 5.41) is 0. The minimum Gasteiger partial charge on any atom is -0.406 e. The van der Waals surface area contributed by atoms with Gasteiger partial charge in [-0.25, -0.2) is 12.8 Å². The molecule has 0 aromatic heterocycles. The molecular formula is C14H11F4NO3S. The highest BCUT2D eigenvalue weighted by molar-refractivity contribution is 7.92. The number of halogens is 4. The molecule has 9 heteroatoms. The smallest absolute Gasteiger partial charge is 0.406 e. The quantitative estimate of drug-likeness (QED) is 0.854. The zero-order chi connectivity index (χ0) is 17.3. The third-order valence-corrected chi connectivity index (χ3v) is 4.18. The fourth-order valence-corrected chi connectivity index (χ4v) is 2.90. The molecule has 2 aromatic carbocycles. The van der Waals surface area contributed by atoms with Gasteiger partial charge in [-0.1, -0.05) is 0 Å². The van der Waals surface area contributed by atoms with E-state index in [0.29, 0.717) is 5.56 Å². The van der Waals surface area contributed by atoms with Gasteiger partial charge in [0.2, 0.25) is 0 Å². The van der Waals surface area contributed by atoms with Gasteiger partial charge < -0.3 is 4.74 Å². The number of sulfonamides is 1. The van der Waals surface area contributed by atoms with Crippen LogP contribution in [0.15, 0.2) is 47.4 Å². The van der Waals surface area contributed by atoms with E-state index in [-0.39, 0.29) is 10.6 Å². The molecular weight excluding hydrogens is 338 g/mol. The first-order valence-corrected chi connectivity index (χ1v) is 7.70. The minimum absolute atomic E-state index is 0.169. The van der Waals surface area contributed by atoms with E-state index in [0.717, 1.165) is 36.4 Å². The number of nitrogens with one attached hydrogen (secondary N) is 1. The number of hydrogen-bond acceptors (Lipinski definition) is 3. The molecule has 0 bridgehead atoms. The summed E-state index contributed by atoms with van der Waals surface area (Å²) in [4.78, 5) is -0.254. The van der Waals surface area contributed by atoms with Crippen molar-refractivity contribution in [3.05, 3.63) is 53.8 Å². The standard InChI is InChI=1S/C14H11F4NO3S/c1-9-8-10(15)2-7-13(9)19-23(20,21)12-5-3-11(4-6-12)22-14(16,17)18/h2-8,19H,1H3. The molecule has 23 heavy (non-hydrogen) atoms. The highest BCUT2D eigenvalue weighted by Gasteiger charge is 2.31. The first-order valence-electron chi connectivity index (χ1n) is 6.22. The largest absolute Gasteiger partial charge is 0.573 e. The predicted octanol–water partition coefficient (Wildman–Crippen LogP) is 3.83. The molecule has 0 fully saturated rings. The van der Waals surface area contributed by atoms with Gasteiger partial charge in [-0.05, 0) is 55.0 Å². The van der Waals surface area contributed by atoms with Crippen molar-refractivity contribution in [2.45, 2.75) is 18.2 Å². The Balaban J connectivity index is 2.22. The summed E-state index contributed by atoms with van der Waals surface area (Å²) < 4.78 is 79.4. The maximum atomic E-state index is 13.0. The zero-order valence-corrected chi connectivity index (χ0v) is 12.5. The number of anilines is 1. The van der Waals surface area contributed by atoms with E-state index in [2.05, 4.69) is 9.46 Å². The number of rotatable bonds is 4. The summed E-state index contributed by atoms with van der Waals surface area (Å²) in [6.45, 7) is 1.52. The Hall–Kier alpha value is -2.29. The van der Waals surface area contributed by atoms with Gasteiger partial charge in [0.1, 0.15) is 11.6 Å². The highest BCUT2D eigenvalue weighted by Crippen LogP contribution is 2.25. The average Bonchev–Trinajstić information content (AvgIpc) is 2.41. The monoisotopic (exact) mass is 349 g/mol.